The molecule has 24 heavy (non-hydrogen) atoms. The average Bonchev–Trinajstić information content (AvgIpc) is 2.94. The monoisotopic (exact) mass is 348 g/mol. The SMILES string of the molecule is O=C1CCCCCN1CC(=O)N1CCC(Cc2ccc(Cl)cc2)C1. The van der Waals surface area contributed by atoms with Crippen molar-refractivity contribution in [2.75, 3.05) is 26.2 Å². The van der Waals surface area contributed by atoms with Crippen molar-refractivity contribution >= 4 is 23.4 Å². The summed E-state index contributed by atoms with van der Waals surface area (Å²) in [6, 6.07) is 7.95. The molecule has 4 nitrogen and oxygen atoms in total. The van der Waals surface area contributed by atoms with Crippen molar-refractivity contribution < 1.29 is 9.59 Å². The van der Waals surface area contributed by atoms with Gasteiger partial charge in [0.15, 0.2) is 0 Å². The first-order chi connectivity index (χ1) is 11.6. The Labute approximate surface area is 148 Å². The molecule has 0 N–H and O–H groups in total. The average molecular weight is 349 g/mol. The Morgan fingerprint density at radius 2 is 1.92 bits per heavy atom. The van der Waals surface area contributed by atoms with Gasteiger partial charge < -0.3 is 9.80 Å². The summed E-state index contributed by atoms with van der Waals surface area (Å²) < 4.78 is 0. The molecule has 0 aliphatic carbocycles. The molecule has 2 aliphatic rings. The van der Waals surface area contributed by atoms with Gasteiger partial charge in [-0.2, -0.15) is 0 Å². The molecule has 3 rings (SSSR count). The zero-order valence-electron chi connectivity index (χ0n) is 14.0. The molecule has 0 saturated carbocycles. The molecule has 5 heteroatoms. The van der Waals surface area contributed by atoms with Gasteiger partial charge >= 0.3 is 0 Å². The van der Waals surface area contributed by atoms with Gasteiger partial charge in [0.2, 0.25) is 11.8 Å². The van der Waals surface area contributed by atoms with Crippen LogP contribution in [0.1, 0.15) is 37.7 Å². The van der Waals surface area contributed by atoms with E-state index in [2.05, 4.69) is 12.1 Å². The molecule has 2 saturated heterocycles. The first-order valence-corrected chi connectivity index (χ1v) is 9.29. The molecule has 0 bridgehead atoms. The Morgan fingerprint density at radius 3 is 2.71 bits per heavy atom. The van der Waals surface area contributed by atoms with Crippen molar-refractivity contribution in [1.82, 2.24) is 9.80 Å². The van der Waals surface area contributed by atoms with E-state index in [1.165, 1.54) is 5.56 Å². The Kier molecular flexibility index (Phi) is 5.77. The molecular weight excluding hydrogens is 324 g/mol. The molecule has 2 amide bonds. The second kappa shape index (κ2) is 8.02. The van der Waals surface area contributed by atoms with Crippen molar-refractivity contribution in [2.45, 2.75) is 38.5 Å². The lowest BCUT2D eigenvalue weighted by Gasteiger charge is -2.24. The highest BCUT2D eigenvalue weighted by atomic mass is 35.5. The Bertz CT molecular complexity index is 588. The third kappa shape index (κ3) is 4.50. The number of benzene rings is 1. The number of amides is 2. The van der Waals surface area contributed by atoms with Gasteiger partial charge in [-0.05, 0) is 49.3 Å². The van der Waals surface area contributed by atoms with Gasteiger partial charge in [-0.3, -0.25) is 9.59 Å². The fraction of sp³-hybridized carbons (Fsp3) is 0.579. The van der Waals surface area contributed by atoms with Gasteiger partial charge in [0.1, 0.15) is 0 Å². The van der Waals surface area contributed by atoms with Crippen LogP contribution in [0.25, 0.3) is 0 Å². The predicted octanol–water partition coefficient (Wildman–Crippen LogP) is 3.13. The molecule has 2 aliphatic heterocycles. The minimum absolute atomic E-state index is 0.101. The largest absolute Gasteiger partial charge is 0.341 e. The van der Waals surface area contributed by atoms with Gasteiger partial charge in [-0.1, -0.05) is 30.2 Å². The van der Waals surface area contributed by atoms with Crippen LogP contribution in [-0.2, 0) is 16.0 Å². The van der Waals surface area contributed by atoms with Crippen LogP contribution < -0.4 is 0 Å². The summed E-state index contributed by atoms with van der Waals surface area (Å²) in [5.74, 6) is 0.733. The molecule has 130 valence electrons. The highest BCUT2D eigenvalue weighted by Crippen LogP contribution is 2.22. The summed E-state index contributed by atoms with van der Waals surface area (Å²) in [5.41, 5.74) is 1.27. The van der Waals surface area contributed by atoms with Crippen LogP contribution in [-0.4, -0.2) is 47.8 Å². The maximum absolute atomic E-state index is 12.5. The van der Waals surface area contributed by atoms with E-state index >= 15 is 0 Å². The summed E-state index contributed by atoms with van der Waals surface area (Å²) in [7, 11) is 0. The van der Waals surface area contributed by atoms with Gasteiger partial charge in [-0.15, -0.1) is 0 Å². The van der Waals surface area contributed by atoms with Crippen molar-refractivity contribution in [3.8, 4) is 0 Å². The molecule has 1 atom stereocenters. The number of halogens is 1. The topological polar surface area (TPSA) is 40.6 Å². The molecular formula is C19H25ClN2O2. The molecule has 1 unspecified atom stereocenters. The van der Waals surface area contributed by atoms with E-state index in [1.54, 1.807) is 4.90 Å². The van der Waals surface area contributed by atoms with E-state index in [4.69, 9.17) is 11.6 Å². The third-order valence-electron chi connectivity index (χ3n) is 5.07. The Hall–Kier alpha value is -1.55. The van der Waals surface area contributed by atoms with Crippen molar-refractivity contribution in [2.24, 2.45) is 5.92 Å². The van der Waals surface area contributed by atoms with Crippen molar-refractivity contribution in [3.05, 3.63) is 34.9 Å². The first kappa shape index (κ1) is 17.3. The van der Waals surface area contributed by atoms with E-state index < -0.39 is 0 Å². The zero-order valence-corrected chi connectivity index (χ0v) is 14.8. The van der Waals surface area contributed by atoms with E-state index in [0.29, 0.717) is 12.3 Å². The van der Waals surface area contributed by atoms with Crippen LogP contribution in [0.2, 0.25) is 5.02 Å². The van der Waals surface area contributed by atoms with Crippen LogP contribution >= 0.6 is 11.6 Å². The van der Waals surface area contributed by atoms with Gasteiger partial charge in [-0.25, -0.2) is 0 Å². The number of hydrogen-bond acceptors (Lipinski definition) is 2. The minimum Gasteiger partial charge on any atom is -0.341 e. The Morgan fingerprint density at radius 1 is 1.12 bits per heavy atom. The zero-order chi connectivity index (χ0) is 16.9. The normalized spacial score (nSPS) is 21.9. The smallest absolute Gasteiger partial charge is 0.242 e. The van der Waals surface area contributed by atoms with Crippen LogP contribution in [0.15, 0.2) is 24.3 Å². The van der Waals surface area contributed by atoms with E-state index in [0.717, 1.165) is 56.8 Å². The summed E-state index contributed by atoms with van der Waals surface area (Å²) in [5, 5.41) is 0.754. The van der Waals surface area contributed by atoms with Gasteiger partial charge in [0, 0.05) is 31.1 Å². The molecule has 2 fully saturated rings. The van der Waals surface area contributed by atoms with Crippen molar-refractivity contribution in [3.63, 3.8) is 0 Å². The van der Waals surface area contributed by atoms with E-state index in [-0.39, 0.29) is 18.4 Å². The van der Waals surface area contributed by atoms with E-state index in [9.17, 15) is 9.59 Å². The molecule has 0 radical (unpaired) electrons. The van der Waals surface area contributed by atoms with Gasteiger partial charge in [0.25, 0.3) is 0 Å². The lowest BCUT2D eigenvalue weighted by molar-refractivity contribution is -0.139. The third-order valence-corrected chi connectivity index (χ3v) is 5.33. The fourth-order valence-corrected chi connectivity index (χ4v) is 3.77. The van der Waals surface area contributed by atoms with E-state index in [1.807, 2.05) is 17.0 Å². The van der Waals surface area contributed by atoms with Crippen molar-refractivity contribution in [1.29, 1.82) is 0 Å². The highest BCUT2D eigenvalue weighted by Gasteiger charge is 2.28. The Balaban J connectivity index is 1.50. The maximum Gasteiger partial charge on any atom is 0.242 e. The fourth-order valence-electron chi connectivity index (χ4n) is 3.65. The highest BCUT2D eigenvalue weighted by molar-refractivity contribution is 6.30. The minimum atomic E-state index is 0.101. The molecule has 1 aromatic carbocycles. The number of carbonyl (C=O) groups is 2. The molecule has 0 aromatic heterocycles. The number of rotatable bonds is 4. The van der Waals surface area contributed by atoms with Crippen LogP contribution in [0.3, 0.4) is 0 Å². The quantitative estimate of drug-likeness (QED) is 0.838. The maximum atomic E-state index is 12.5. The number of likely N-dealkylation sites (tertiary alicyclic amines) is 2. The molecule has 0 spiro atoms. The molecule has 1 aromatic rings. The first-order valence-electron chi connectivity index (χ1n) is 8.92. The summed E-state index contributed by atoms with van der Waals surface area (Å²) in [4.78, 5) is 28.3. The number of carbonyl (C=O) groups excluding carboxylic acids is 2. The van der Waals surface area contributed by atoms with Gasteiger partial charge in [0.05, 0.1) is 6.54 Å². The summed E-state index contributed by atoms with van der Waals surface area (Å²) in [6.07, 6.45) is 5.65. The van der Waals surface area contributed by atoms with Crippen LogP contribution in [0, 0.1) is 5.92 Å². The summed E-state index contributed by atoms with van der Waals surface area (Å²) in [6.45, 7) is 2.59. The van der Waals surface area contributed by atoms with Crippen LogP contribution in [0.4, 0.5) is 0 Å². The standard InChI is InChI=1S/C19H25ClN2O2/c20-17-7-5-15(6-8-17)12-16-9-11-22(13-16)19(24)14-21-10-3-1-2-4-18(21)23/h5-8,16H,1-4,9-14H2. The van der Waals surface area contributed by atoms with Crippen LogP contribution in [0.5, 0.6) is 0 Å². The predicted molar refractivity (Wildman–Crippen MR) is 94.9 cm³/mol. The molecule has 2 heterocycles. The lowest BCUT2D eigenvalue weighted by Crippen LogP contribution is -2.42. The summed E-state index contributed by atoms with van der Waals surface area (Å²) >= 11 is 5.92. The second-order valence-corrected chi connectivity index (χ2v) is 7.39. The number of nitrogens with zero attached hydrogens (tertiary/aromatic N) is 2. The second-order valence-electron chi connectivity index (χ2n) is 6.95. The number of hydrogen-bond donors (Lipinski definition) is 0. The lowest BCUT2D eigenvalue weighted by atomic mass is 9.99.